The second-order valence-electron chi connectivity index (χ2n) is 7.54. The molecule has 0 spiro atoms. The molecule has 7 nitrogen and oxygen atoms in total. The quantitative estimate of drug-likeness (QED) is 0.238. The van der Waals surface area contributed by atoms with E-state index < -0.39 is 0 Å². The molecule has 0 aliphatic rings. The molecule has 1 N–H and O–H groups in total. The Morgan fingerprint density at radius 2 is 1.88 bits per heavy atom. The largest absolute Gasteiger partial charge is 0.385 e. The van der Waals surface area contributed by atoms with Gasteiger partial charge in [-0.3, -0.25) is 9.59 Å². The lowest BCUT2D eigenvalue weighted by Gasteiger charge is -2.13. The molecular formula is C24H27ClN4O3S. The molecular weight excluding hydrogens is 460 g/mol. The monoisotopic (exact) mass is 486 g/mol. The molecule has 3 aromatic rings. The maximum absolute atomic E-state index is 12.8. The number of halogens is 1. The number of Topliss-reactive ketones (excluding diaryl/α,β-unsaturated/α-hetero) is 1. The molecule has 9 heteroatoms. The van der Waals surface area contributed by atoms with Gasteiger partial charge in [0, 0.05) is 38.3 Å². The molecule has 33 heavy (non-hydrogen) atoms. The van der Waals surface area contributed by atoms with E-state index in [1.165, 1.54) is 18.7 Å². The Balaban J connectivity index is 1.73. The second kappa shape index (κ2) is 12.0. The van der Waals surface area contributed by atoms with Gasteiger partial charge in [-0.05, 0) is 31.0 Å². The van der Waals surface area contributed by atoms with Crippen molar-refractivity contribution in [2.45, 2.75) is 38.0 Å². The highest BCUT2D eigenvalue weighted by molar-refractivity contribution is 7.99. The average molecular weight is 487 g/mol. The zero-order valence-electron chi connectivity index (χ0n) is 18.9. The van der Waals surface area contributed by atoms with E-state index in [0.717, 1.165) is 17.5 Å². The molecule has 0 aliphatic carbocycles. The van der Waals surface area contributed by atoms with Gasteiger partial charge in [-0.25, -0.2) is 0 Å². The number of ether oxygens (including phenoxy) is 1. The van der Waals surface area contributed by atoms with Gasteiger partial charge in [0.05, 0.1) is 16.8 Å². The number of hydrogen-bond donors (Lipinski definition) is 1. The van der Waals surface area contributed by atoms with E-state index in [4.69, 9.17) is 16.3 Å². The molecule has 1 unspecified atom stereocenters. The number of hydrogen-bond acceptors (Lipinski definition) is 6. The van der Waals surface area contributed by atoms with Crippen LogP contribution in [0.5, 0.6) is 0 Å². The van der Waals surface area contributed by atoms with Gasteiger partial charge >= 0.3 is 0 Å². The van der Waals surface area contributed by atoms with Gasteiger partial charge in [0.2, 0.25) is 5.91 Å². The summed E-state index contributed by atoms with van der Waals surface area (Å²) >= 11 is 7.73. The van der Waals surface area contributed by atoms with E-state index in [-0.39, 0.29) is 23.5 Å². The molecule has 0 aliphatic heterocycles. The summed E-state index contributed by atoms with van der Waals surface area (Å²) < 4.78 is 7.17. The van der Waals surface area contributed by atoms with Crippen LogP contribution in [0.2, 0.25) is 5.02 Å². The van der Waals surface area contributed by atoms with Gasteiger partial charge in [-0.2, -0.15) is 0 Å². The summed E-state index contributed by atoms with van der Waals surface area (Å²) in [5.41, 5.74) is 2.35. The number of ketones is 1. The van der Waals surface area contributed by atoms with Crippen LogP contribution in [0.4, 0.5) is 0 Å². The van der Waals surface area contributed by atoms with Crippen LogP contribution in [0, 0.1) is 0 Å². The summed E-state index contributed by atoms with van der Waals surface area (Å²) in [5, 5.41) is 12.8. The highest BCUT2D eigenvalue weighted by atomic mass is 35.5. The molecule has 0 radical (unpaired) electrons. The van der Waals surface area contributed by atoms with Crippen molar-refractivity contribution in [2.75, 3.05) is 19.5 Å². The fraction of sp³-hybridized carbons (Fsp3) is 0.333. The Morgan fingerprint density at radius 3 is 2.55 bits per heavy atom. The molecule has 1 aromatic heterocycles. The van der Waals surface area contributed by atoms with E-state index in [1.54, 1.807) is 19.2 Å². The smallest absolute Gasteiger partial charge is 0.217 e. The first-order chi connectivity index (χ1) is 15.9. The van der Waals surface area contributed by atoms with Crippen molar-refractivity contribution in [3.8, 4) is 11.4 Å². The summed E-state index contributed by atoms with van der Waals surface area (Å²) in [7, 11) is 1.66. The number of rotatable bonds is 11. The summed E-state index contributed by atoms with van der Waals surface area (Å²) in [6.07, 6.45) is 0.779. The lowest BCUT2D eigenvalue weighted by atomic mass is 10.0. The minimum Gasteiger partial charge on any atom is -0.385 e. The second-order valence-corrected chi connectivity index (χ2v) is 8.89. The highest BCUT2D eigenvalue weighted by Crippen LogP contribution is 2.30. The van der Waals surface area contributed by atoms with Crippen molar-refractivity contribution in [3.63, 3.8) is 0 Å². The number of carbonyl (C=O) groups is 2. The highest BCUT2D eigenvalue weighted by Gasteiger charge is 2.18. The van der Waals surface area contributed by atoms with Crippen molar-refractivity contribution in [1.82, 2.24) is 20.1 Å². The molecule has 0 saturated carbocycles. The third-order valence-electron chi connectivity index (χ3n) is 5.05. The van der Waals surface area contributed by atoms with Crippen LogP contribution in [0.15, 0.2) is 53.7 Å². The fourth-order valence-corrected chi connectivity index (χ4v) is 4.44. The topological polar surface area (TPSA) is 86.1 Å². The molecule has 1 atom stereocenters. The van der Waals surface area contributed by atoms with Crippen molar-refractivity contribution < 1.29 is 14.3 Å². The number of amides is 1. The van der Waals surface area contributed by atoms with Gasteiger partial charge in [0.25, 0.3) is 0 Å². The van der Waals surface area contributed by atoms with Gasteiger partial charge in [-0.15, -0.1) is 10.2 Å². The first-order valence-corrected chi connectivity index (χ1v) is 12.0. The summed E-state index contributed by atoms with van der Waals surface area (Å²) in [4.78, 5) is 24.0. The zero-order chi connectivity index (χ0) is 23.8. The Kier molecular flexibility index (Phi) is 9.05. The number of methoxy groups -OCH3 is 1. The Labute approximate surface area is 202 Å². The Bertz CT molecular complexity index is 1100. The summed E-state index contributed by atoms with van der Waals surface area (Å²) in [5.74, 6) is 0.795. The number of nitrogens with one attached hydrogen (secondary N) is 1. The molecule has 1 heterocycles. The molecule has 0 bridgehead atoms. The number of benzene rings is 2. The third-order valence-corrected chi connectivity index (χ3v) is 6.34. The average Bonchev–Trinajstić information content (AvgIpc) is 3.20. The van der Waals surface area contributed by atoms with Crippen LogP contribution in [0.25, 0.3) is 11.4 Å². The molecule has 174 valence electrons. The fourth-order valence-electron chi connectivity index (χ4n) is 3.37. The van der Waals surface area contributed by atoms with Gasteiger partial charge in [0.15, 0.2) is 16.8 Å². The minimum atomic E-state index is -0.116. The van der Waals surface area contributed by atoms with Gasteiger partial charge < -0.3 is 14.6 Å². The first kappa shape index (κ1) is 25.0. The molecule has 3 rings (SSSR count). The molecule has 1 amide bonds. The molecule has 0 fully saturated rings. The minimum absolute atomic E-state index is 0.00975. The normalized spacial score (nSPS) is 11.9. The predicted octanol–water partition coefficient (Wildman–Crippen LogP) is 4.81. The summed E-state index contributed by atoms with van der Waals surface area (Å²) in [6.45, 7) is 4.64. The zero-order valence-corrected chi connectivity index (χ0v) is 20.4. The van der Waals surface area contributed by atoms with Crippen molar-refractivity contribution in [2.24, 2.45) is 0 Å². The Morgan fingerprint density at radius 1 is 1.15 bits per heavy atom. The third kappa shape index (κ3) is 6.66. The van der Waals surface area contributed by atoms with Crippen LogP contribution < -0.4 is 5.32 Å². The van der Waals surface area contributed by atoms with Crippen LogP contribution in [-0.4, -0.2) is 45.9 Å². The van der Waals surface area contributed by atoms with E-state index >= 15 is 0 Å². The van der Waals surface area contributed by atoms with Crippen molar-refractivity contribution in [3.05, 3.63) is 64.7 Å². The Hall–Kier alpha value is -2.68. The van der Waals surface area contributed by atoms with E-state index in [0.29, 0.717) is 34.7 Å². The van der Waals surface area contributed by atoms with E-state index in [9.17, 15) is 9.59 Å². The van der Waals surface area contributed by atoms with Crippen molar-refractivity contribution in [1.29, 1.82) is 0 Å². The van der Waals surface area contributed by atoms with Crippen LogP contribution in [0.3, 0.4) is 0 Å². The van der Waals surface area contributed by atoms with Crippen LogP contribution >= 0.6 is 23.4 Å². The maximum atomic E-state index is 12.8. The number of carbonyl (C=O) groups excluding carboxylic acids is 2. The molecule has 0 saturated heterocycles. The number of thioether (sulfide) groups is 1. The van der Waals surface area contributed by atoms with Gasteiger partial charge in [-0.1, -0.05) is 59.8 Å². The lowest BCUT2D eigenvalue weighted by molar-refractivity contribution is -0.119. The van der Waals surface area contributed by atoms with Crippen molar-refractivity contribution >= 4 is 35.1 Å². The summed E-state index contributed by atoms with van der Waals surface area (Å²) in [6, 6.07) is 14.7. The first-order valence-electron chi connectivity index (χ1n) is 10.6. The molecule has 2 aromatic carbocycles. The maximum Gasteiger partial charge on any atom is 0.217 e. The predicted molar refractivity (Wildman–Crippen MR) is 131 cm³/mol. The van der Waals surface area contributed by atoms with Gasteiger partial charge in [0.1, 0.15) is 0 Å². The number of aromatic nitrogens is 3. The van der Waals surface area contributed by atoms with E-state index in [2.05, 4.69) is 15.5 Å². The van der Waals surface area contributed by atoms with Crippen LogP contribution in [-0.2, 0) is 16.1 Å². The standard InChI is InChI=1S/C24H27ClN4O3S/c1-16(26-17(2)30)18-9-11-19(12-10-18)22(31)15-33-24-28-27-23(29(24)13-6-14-32-3)20-7-4-5-8-21(20)25/h4-5,7-12,16H,6,13-15H2,1-3H3,(H,26,30). The van der Waals surface area contributed by atoms with E-state index in [1.807, 2.05) is 47.9 Å². The number of nitrogens with zero attached hydrogens (tertiary/aromatic N) is 3. The van der Waals surface area contributed by atoms with Crippen LogP contribution in [0.1, 0.15) is 42.2 Å². The lowest BCUT2D eigenvalue weighted by Crippen LogP contribution is -2.23. The SMILES string of the molecule is COCCCn1c(SCC(=O)c2ccc(C(C)NC(C)=O)cc2)nnc1-c1ccccc1Cl.